The van der Waals surface area contributed by atoms with Gasteiger partial charge in [0.1, 0.15) is 5.69 Å². The number of nitriles is 1. The Balaban J connectivity index is 1.50. The average molecular weight is 370 g/mol. The van der Waals surface area contributed by atoms with Crippen molar-refractivity contribution in [1.29, 1.82) is 5.26 Å². The third-order valence-corrected chi connectivity index (χ3v) is 4.53. The Hall–Kier alpha value is -2.98. The van der Waals surface area contributed by atoms with Crippen LogP contribution in [0, 0.1) is 23.0 Å². The van der Waals surface area contributed by atoms with Gasteiger partial charge < -0.3 is 10.2 Å². The fourth-order valence-electron chi connectivity index (χ4n) is 3.12. The molecule has 140 valence electrons. The Morgan fingerprint density at radius 1 is 1.07 bits per heavy atom. The molecule has 0 saturated carbocycles. The first-order valence-electron chi connectivity index (χ1n) is 8.74. The van der Waals surface area contributed by atoms with E-state index in [4.69, 9.17) is 5.26 Å². The lowest BCUT2D eigenvalue weighted by atomic mass is 10.1. The molecule has 1 saturated heterocycles. The lowest BCUT2D eigenvalue weighted by Gasteiger charge is -2.36. The van der Waals surface area contributed by atoms with E-state index >= 15 is 0 Å². The molecule has 0 radical (unpaired) electrons. The van der Waals surface area contributed by atoms with Crippen LogP contribution in [0.5, 0.6) is 0 Å². The standard InChI is InChI=1S/C20H20F2N4O/c21-17-10-16(12-23)11-18(22)20(17)26-8-6-25(7-9-26)14-19(27)24-13-15-4-2-1-3-5-15/h1-5,10-11H,6-9,13-14H2,(H,24,27). The number of hydrogen-bond donors (Lipinski definition) is 1. The smallest absolute Gasteiger partial charge is 0.234 e. The molecule has 7 heteroatoms. The van der Waals surface area contributed by atoms with E-state index in [9.17, 15) is 13.6 Å². The zero-order valence-electron chi connectivity index (χ0n) is 14.8. The number of amides is 1. The minimum absolute atomic E-state index is 0.0394. The van der Waals surface area contributed by atoms with Crippen molar-refractivity contribution in [2.45, 2.75) is 6.54 Å². The summed E-state index contributed by atoms with van der Waals surface area (Å²) in [6.07, 6.45) is 0. The highest BCUT2D eigenvalue weighted by Gasteiger charge is 2.24. The molecule has 3 rings (SSSR count). The number of halogens is 2. The van der Waals surface area contributed by atoms with Crippen LogP contribution in [-0.4, -0.2) is 43.5 Å². The molecule has 1 amide bonds. The van der Waals surface area contributed by atoms with Gasteiger partial charge in [-0.25, -0.2) is 8.78 Å². The zero-order valence-corrected chi connectivity index (χ0v) is 14.8. The number of anilines is 1. The number of hydrogen-bond acceptors (Lipinski definition) is 4. The van der Waals surface area contributed by atoms with Crippen molar-refractivity contribution >= 4 is 11.6 Å². The van der Waals surface area contributed by atoms with Crippen molar-refractivity contribution in [3.05, 3.63) is 65.2 Å². The van der Waals surface area contributed by atoms with Crippen molar-refractivity contribution in [1.82, 2.24) is 10.2 Å². The normalized spacial score (nSPS) is 14.6. The van der Waals surface area contributed by atoms with Crippen molar-refractivity contribution in [3.63, 3.8) is 0 Å². The molecular weight excluding hydrogens is 350 g/mol. The number of nitrogens with one attached hydrogen (secondary N) is 1. The SMILES string of the molecule is N#Cc1cc(F)c(N2CCN(CC(=O)NCc3ccccc3)CC2)c(F)c1. The quantitative estimate of drug-likeness (QED) is 0.877. The minimum atomic E-state index is -0.736. The van der Waals surface area contributed by atoms with E-state index in [0.717, 1.165) is 17.7 Å². The molecule has 1 aliphatic heterocycles. The van der Waals surface area contributed by atoms with Crippen LogP contribution >= 0.6 is 0 Å². The average Bonchev–Trinajstić information content (AvgIpc) is 2.68. The predicted octanol–water partition coefficient (Wildman–Crippen LogP) is 2.27. The predicted molar refractivity (Wildman–Crippen MR) is 98.0 cm³/mol. The van der Waals surface area contributed by atoms with Crippen LogP contribution in [-0.2, 0) is 11.3 Å². The van der Waals surface area contributed by atoms with Crippen LogP contribution < -0.4 is 10.2 Å². The number of carbonyl (C=O) groups excluding carboxylic acids is 1. The Labute approximate surface area is 156 Å². The molecule has 1 fully saturated rings. The first-order chi connectivity index (χ1) is 13.1. The molecule has 0 aliphatic carbocycles. The van der Waals surface area contributed by atoms with Crippen LogP contribution in [0.2, 0.25) is 0 Å². The van der Waals surface area contributed by atoms with E-state index < -0.39 is 11.6 Å². The summed E-state index contributed by atoms with van der Waals surface area (Å²) in [6, 6.07) is 13.5. The summed E-state index contributed by atoms with van der Waals surface area (Å²) >= 11 is 0. The number of benzene rings is 2. The van der Waals surface area contributed by atoms with Crippen molar-refractivity contribution in [2.75, 3.05) is 37.6 Å². The van der Waals surface area contributed by atoms with E-state index in [1.807, 2.05) is 35.2 Å². The largest absolute Gasteiger partial charge is 0.364 e. The molecule has 2 aromatic rings. The second-order valence-corrected chi connectivity index (χ2v) is 6.43. The molecule has 27 heavy (non-hydrogen) atoms. The summed E-state index contributed by atoms with van der Waals surface area (Å²) < 4.78 is 28.3. The summed E-state index contributed by atoms with van der Waals surface area (Å²) in [5, 5.41) is 11.7. The first-order valence-corrected chi connectivity index (χ1v) is 8.74. The maximum Gasteiger partial charge on any atom is 0.234 e. The summed E-state index contributed by atoms with van der Waals surface area (Å²) in [4.78, 5) is 15.7. The highest BCUT2D eigenvalue weighted by molar-refractivity contribution is 5.78. The maximum absolute atomic E-state index is 14.1. The molecule has 0 bridgehead atoms. The van der Waals surface area contributed by atoms with Gasteiger partial charge in [0, 0.05) is 32.7 Å². The van der Waals surface area contributed by atoms with Crippen molar-refractivity contribution in [2.24, 2.45) is 0 Å². The van der Waals surface area contributed by atoms with Crippen LogP contribution in [0.3, 0.4) is 0 Å². The third-order valence-electron chi connectivity index (χ3n) is 4.53. The maximum atomic E-state index is 14.1. The van der Waals surface area contributed by atoms with Crippen LogP contribution in [0.1, 0.15) is 11.1 Å². The topological polar surface area (TPSA) is 59.4 Å². The molecule has 1 aliphatic rings. The Bertz CT molecular complexity index is 820. The molecule has 0 aromatic heterocycles. The van der Waals surface area contributed by atoms with Gasteiger partial charge in [-0.05, 0) is 17.7 Å². The summed E-state index contributed by atoms with van der Waals surface area (Å²) in [5.74, 6) is -1.55. The summed E-state index contributed by atoms with van der Waals surface area (Å²) in [7, 11) is 0. The molecule has 1 heterocycles. The lowest BCUT2D eigenvalue weighted by Crippen LogP contribution is -2.49. The number of piperazine rings is 1. The minimum Gasteiger partial charge on any atom is -0.364 e. The number of carbonyl (C=O) groups is 1. The van der Waals surface area contributed by atoms with Crippen molar-refractivity contribution < 1.29 is 13.6 Å². The third kappa shape index (κ3) is 4.80. The van der Waals surface area contributed by atoms with Gasteiger partial charge in [-0.1, -0.05) is 30.3 Å². The van der Waals surface area contributed by atoms with Gasteiger partial charge >= 0.3 is 0 Å². The fraction of sp³-hybridized carbons (Fsp3) is 0.300. The highest BCUT2D eigenvalue weighted by atomic mass is 19.1. The van der Waals surface area contributed by atoms with E-state index in [0.29, 0.717) is 32.7 Å². The molecule has 5 nitrogen and oxygen atoms in total. The van der Waals surface area contributed by atoms with Gasteiger partial charge in [0.2, 0.25) is 5.91 Å². The van der Waals surface area contributed by atoms with E-state index in [1.165, 1.54) is 0 Å². The lowest BCUT2D eigenvalue weighted by molar-refractivity contribution is -0.122. The van der Waals surface area contributed by atoms with Crippen molar-refractivity contribution in [3.8, 4) is 6.07 Å². The van der Waals surface area contributed by atoms with Gasteiger partial charge in [0.15, 0.2) is 11.6 Å². The molecule has 2 aromatic carbocycles. The van der Waals surface area contributed by atoms with Crippen LogP contribution in [0.25, 0.3) is 0 Å². The molecule has 0 atom stereocenters. The highest BCUT2D eigenvalue weighted by Crippen LogP contribution is 2.25. The fourth-order valence-corrected chi connectivity index (χ4v) is 3.12. The second-order valence-electron chi connectivity index (χ2n) is 6.43. The molecular formula is C20H20F2N4O. The zero-order chi connectivity index (χ0) is 19.2. The number of nitrogens with zero attached hydrogens (tertiary/aromatic N) is 3. The second kappa shape index (κ2) is 8.60. The molecule has 1 N–H and O–H groups in total. The monoisotopic (exact) mass is 370 g/mol. The summed E-state index contributed by atoms with van der Waals surface area (Å²) in [6.45, 7) is 2.59. The van der Waals surface area contributed by atoms with Gasteiger partial charge in [0.25, 0.3) is 0 Å². The Morgan fingerprint density at radius 3 is 2.30 bits per heavy atom. The van der Waals surface area contributed by atoms with Gasteiger partial charge in [-0.15, -0.1) is 0 Å². The van der Waals surface area contributed by atoms with Crippen LogP contribution in [0.4, 0.5) is 14.5 Å². The van der Waals surface area contributed by atoms with E-state index in [2.05, 4.69) is 5.32 Å². The Kier molecular flexibility index (Phi) is 5.99. The number of rotatable bonds is 5. The van der Waals surface area contributed by atoms with Gasteiger partial charge in [-0.3, -0.25) is 9.69 Å². The summed E-state index contributed by atoms with van der Waals surface area (Å²) in [5.41, 5.74) is 0.882. The Morgan fingerprint density at radius 2 is 1.70 bits per heavy atom. The first kappa shape index (κ1) is 18.8. The van der Waals surface area contributed by atoms with E-state index in [1.54, 1.807) is 11.0 Å². The molecule has 0 spiro atoms. The van der Waals surface area contributed by atoms with Crippen LogP contribution in [0.15, 0.2) is 42.5 Å². The van der Waals surface area contributed by atoms with Gasteiger partial charge in [-0.2, -0.15) is 5.26 Å². The van der Waals surface area contributed by atoms with E-state index in [-0.39, 0.29) is 23.7 Å². The molecule has 0 unspecified atom stereocenters. The van der Waals surface area contributed by atoms with Gasteiger partial charge in [0.05, 0.1) is 18.2 Å².